The van der Waals surface area contributed by atoms with Crippen molar-refractivity contribution in [3.8, 4) is 6.07 Å². The van der Waals surface area contributed by atoms with Gasteiger partial charge in [-0.05, 0) is 37.0 Å². The highest BCUT2D eigenvalue weighted by Crippen LogP contribution is 2.47. The van der Waals surface area contributed by atoms with Gasteiger partial charge in [-0.3, -0.25) is 4.79 Å². The fourth-order valence-corrected chi connectivity index (χ4v) is 3.41. The van der Waals surface area contributed by atoms with Gasteiger partial charge < -0.3 is 10.7 Å². The molecule has 0 saturated carbocycles. The Morgan fingerprint density at radius 1 is 1.58 bits per heavy atom. The third-order valence-corrected chi connectivity index (χ3v) is 4.08. The fraction of sp³-hybridized carbons (Fsp3) is 0.333. The summed E-state index contributed by atoms with van der Waals surface area (Å²) in [6, 6.07) is 5.41. The molecule has 3 N–H and O–H groups in total. The van der Waals surface area contributed by atoms with Crippen LogP contribution >= 0.6 is 0 Å². The van der Waals surface area contributed by atoms with Gasteiger partial charge in [0.05, 0.1) is 11.6 Å². The molecule has 0 aromatic carbocycles. The first-order chi connectivity index (χ1) is 9.04. The van der Waals surface area contributed by atoms with Crippen LogP contribution in [-0.2, 0) is 12.0 Å². The van der Waals surface area contributed by atoms with E-state index in [0.29, 0.717) is 12.8 Å². The third kappa shape index (κ3) is 1.66. The van der Waals surface area contributed by atoms with E-state index in [2.05, 4.69) is 24.1 Å². The Hall–Kier alpha value is -2.12. The van der Waals surface area contributed by atoms with Gasteiger partial charge >= 0.3 is 0 Å². The summed E-state index contributed by atoms with van der Waals surface area (Å²) in [5.41, 5.74) is 9.88. The number of nitrogens with two attached hydrogens (primary N) is 1. The van der Waals surface area contributed by atoms with Gasteiger partial charge in [-0.2, -0.15) is 5.26 Å². The fourth-order valence-electron chi connectivity index (χ4n) is 3.41. The topological polar surface area (TPSA) is 82.7 Å². The van der Waals surface area contributed by atoms with Crippen molar-refractivity contribution in [1.29, 1.82) is 5.26 Å². The summed E-state index contributed by atoms with van der Waals surface area (Å²) in [7, 11) is 0. The highest BCUT2D eigenvalue weighted by Gasteiger charge is 2.44. The predicted octanol–water partition coefficient (Wildman–Crippen LogP) is 1.50. The van der Waals surface area contributed by atoms with Crippen LogP contribution < -0.4 is 11.3 Å². The molecule has 0 unspecified atom stereocenters. The molecule has 0 aliphatic heterocycles. The minimum Gasteiger partial charge on any atom is -0.326 e. The van der Waals surface area contributed by atoms with Gasteiger partial charge in [-0.15, -0.1) is 0 Å². The van der Waals surface area contributed by atoms with Crippen LogP contribution in [-0.4, -0.2) is 4.98 Å². The van der Waals surface area contributed by atoms with E-state index in [-0.39, 0.29) is 11.5 Å². The minimum absolute atomic E-state index is 0.103. The van der Waals surface area contributed by atoms with Crippen LogP contribution in [0.1, 0.15) is 24.6 Å². The smallest absolute Gasteiger partial charge is 0.248 e. The van der Waals surface area contributed by atoms with Crippen LogP contribution in [0.25, 0.3) is 0 Å². The zero-order valence-corrected chi connectivity index (χ0v) is 10.7. The lowest BCUT2D eigenvalue weighted by atomic mass is 9.63. The van der Waals surface area contributed by atoms with Gasteiger partial charge in [0.25, 0.3) is 0 Å². The molecule has 0 amide bonds. The van der Waals surface area contributed by atoms with Gasteiger partial charge in [0, 0.05) is 23.8 Å². The maximum Gasteiger partial charge on any atom is 0.248 e. The average Bonchev–Trinajstić information content (AvgIpc) is 2.32. The summed E-state index contributed by atoms with van der Waals surface area (Å²) in [4.78, 5) is 14.3. The predicted molar refractivity (Wildman–Crippen MR) is 72.2 cm³/mol. The molecule has 0 saturated heterocycles. The van der Waals surface area contributed by atoms with Gasteiger partial charge in [0.15, 0.2) is 0 Å². The number of rotatable bonds is 0. The number of aromatic amines is 1. The number of nitriles is 1. The van der Waals surface area contributed by atoms with E-state index in [1.165, 1.54) is 11.6 Å². The zero-order chi connectivity index (χ0) is 13.6. The molecule has 2 aliphatic carbocycles. The Morgan fingerprint density at radius 3 is 3.11 bits per heavy atom. The molecule has 2 bridgehead atoms. The minimum atomic E-state index is -0.656. The van der Waals surface area contributed by atoms with Crippen molar-refractivity contribution in [3.63, 3.8) is 0 Å². The Kier molecular flexibility index (Phi) is 2.48. The largest absolute Gasteiger partial charge is 0.326 e. The van der Waals surface area contributed by atoms with E-state index in [1.807, 2.05) is 0 Å². The second-order valence-electron chi connectivity index (χ2n) is 5.42. The number of aromatic nitrogens is 1. The normalized spacial score (nSPS) is 30.5. The summed E-state index contributed by atoms with van der Waals surface area (Å²) in [6.45, 7) is 2.06. The first kappa shape index (κ1) is 11.9. The molecular formula is C15H15N3O. The number of nitrogens with one attached hydrogen (secondary N) is 1. The Bertz CT molecular complexity index is 705. The molecule has 2 atom stereocenters. The van der Waals surface area contributed by atoms with Gasteiger partial charge in [-0.1, -0.05) is 11.6 Å². The van der Waals surface area contributed by atoms with Crippen LogP contribution in [0.5, 0.6) is 0 Å². The zero-order valence-electron chi connectivity index (χ0n) is 10.7. The quantitative estimate of drug-likeness (QED) is 0.543. The van der Waals surface area contributed by atoms with E-state index < -0.39 is 5.54 Å². The monoisotopic (exact) mass is 253 g/mol. The van der Waals surface area contributed by atoms with E-state index in [9.17, 15) is 4.79 Å². The lowest BCUT2D eigenvalue weighted by Gasteiger charge is -2.44. The van der Waals surface area contributed by atoms with Gasteiger partial charge in [0.2, 0.25) is 5.56 Å². The summed E-state index contributed by atoms with van der Waals surface area (Å²) in [6.07, 6.45) is 5.12. The van der Waals surface area contributed by atoms with Crippen molar-refractivity contribution >= 4 is 0 Å². The Morgan fingerprint density at radius 2 is 2.37 bits per heavy atom. The van der Waals surface area contributed by atoms with Crippen LogP contribution in [0.4, 0.5) is 0 Å². The lowest BCUT2D eigenvalue weighted by molar-refractivity contribution is 0.410. The van der Waals surface area contributed by atoms with E-state index >= 15 is 0 Å². The number of H-pyrrole nitrogens is 1. The number of hydrogen-bond donors (Lipinski definition) is 2. The first-order valence-electron chi connectivity index (χ1n) is 6.33. The van der Waals surface area contributed by atoms with Crippen molar-refractivity contribution < 1.29 is 0 Å². The molecule has 19 heavy (non-hydrogen) atoms. The molecule has 1 aromatic heterocycles. The average molecular weight is 253 g/mol. The maximum absolute atomic E-state index is 11.5. The standard InChI is InChI=1S/C15H15N3O/c1-9-6-10-7-13-12(2-3-14(19)18-13)15(17,8-9)11(10)4-5-16/h2-4,6,10H,7-8,17H2,1H3,(H,18,19)/t10-,15+/m1/s1. The summed E-state index contributed by atoms with van der Waals surface area (Å²) >= 11 is 0. The van der Waals surface area contributed by atoms with E-state index in [1.54, 1.807) is 12.1 Å². The SMILES string of the molecule is CC1=C[C@@H]2Cc3[nH]c(=O)ccc3[C@](N)(C1)C2=CC#N. The van der Waals surface area contributed by atoms with Gasteiger partial charge in [0.1, 0.15) is 0 Å². The second-order valence-corrected chi connectivity index (χ2v) is 5.42. The number of pyridine rings is 1. The first-order valence-corrected chi connectivity index (χ1v) is 6.33. The number of nitrogens with zero attached hydrogens (tertiary/aromatic N) is 1. The van der Waals surface area contributed by atoms with Crippen LogP contribution in [0.15, 0.2) is 40.2 Å². The molecular weight excluding hydrogens is 238 g/mol. The van der Waals surface area contributed by atoms with Crippen molar-refractivity contribution in [2.75, 3.05) is 0 Å². The maximum atomic E-state index is 11.5. The summed E-state index contributed by atoms with van der Waals surface area (Å²) in [5.74, 6) is 0.115. The van der Waals surface area contributed by atoms with Crippen molar-refractivity contribution in [1.82, 2.24) is 4.98 Å². The molecule has 4 nitrogen and oxygen atoms in total. The second kappa shape index (κ2) is 3.94. The van der Waals surface area contributed by atoms with Crippen molar-refractivity contribution in [2.45, 2.75) is 25.3 Å². The third-order valence-electron chi connectivity index (χ3n) is 4.08. The molecule has 4 heteroatoms. The highest BCUT2D eigenvalue weighted by atomic mass is 16.1. The molecule has 3 rings (SSSR count). The van der Waals surface area contributed by atoms with E-state index in [4.69, 9.17) is 11.0 Å². The molecule has 96 valence electrons. The van der Waals surface area contributed by atoms with Crippen LogP contribution in [0, 0.1) is 17.2 Å². The Labute approximate surface area is 111 Å². The number of fused-ring (bicyclic) bond motifs is 4. The van der Waals surface area contributed by atoms with Crippen LogP contribution in [0.3, 0.4) is 0 Å². The lowest BCUT2D eigenvalue weighted by Crippen LogP contribution is -2.48. The van der Waals surface area contributed by atoms with Crippen molar-refractivity contribution in [2.24, 2.45) is 11.7 Å². The number of allylic oxidation sites excluding steroid dienone is 2. The van der Waals surface area contributed by atoms with Crippen molar-refractivity contribution in [3.05, 3.63) is 57.0 Å². The number of hydrogen-bond acceptors (Lipinski definition) is 3. The molecule has 2 aliphatic rings. The summed E-state index contributed by atoms with van der Waals surface area (Å²) in [5, 5.41) is 8.99. The van der Waals surface area contributed by atoms with Gasteiger partial charge in [-0.25, -0.2) is 0 Å². The summed E-state index contributed by atoms with van der Waals surface area (Å²) < 4.78 is 0. The molecule has 0 spiro atoms. The van der Waals surface area contributed by atoms with Crippen LogP contribution in [0.2, 0.25) is 0 Å². The molecule has 0 radical (unpaired) electrons. The van der Waals surface area contributed by atoms with E-state index in [0.717, 1.165) is 16.8 Å². The molecule has 0 fully saturated rings. The molecule has 1 aromatic rings. The highest BCUT2D eigenvalue weighted by molar-refractivity contribution is 5.50. The molecule has 1 heterocycles. The Balaban J connectivity index is 2.29.